The summed E-state index contributed by atoms with van der Waals surface area (Å²) in [6.45, 7) is 0.852. The summed E-state index contributed by atoms with van der Waals surface area (Å²) in [6, 6.07) is 8.37. The first-order valence-electron chi connectivity index (χ1n) is 6.44. The zero-order chi connectivity index (χ0) is 12.0. The molecule has 2 aliphatic heterocycles. The van der Waals surface area contributed by atoms with Crippen LogP contribution < -0.4 is 10.1 Å². The molecule has 1 spiro atoms. The molecule has 1 aromatic rings. The summed E-state index contributed by atoms with van der Waals surface area (Å²) in [6.07, 6.45) is 10.6. The number of para-hydroxylation sites is 1. The van der Waals surface area contributed by atoms with Gasteiger partial charge in [-0.2, -0.15) is 0 Å². The average Bonchev–Trinajstić information content (AvgIpc) is 2.78. The van der Waals surface area contributed by atoms with Gasteiger partial charge in [0.25, 0.3) is 0 Å². The Kier molecular flexibility index (Phi) is 2.90. The largest absolute Gasteiger partial charge is 0.480 e. The van der Waals surface area contributed by atoms with Crippen LogP contribution in [0, 0.1) is 0 Å². The van der Waals surface area contributed by atoms with Crippen molar-refractivity contribution in [2.75, 3.05) is 6.54 Å². The Bertz CT molecular complexity index is 576. The van der Waals surface area contributed by atoms with Gasteiger partial charge in [0.1, 0.15) is 5.75 Å². The minimum atomic E-state index is -0.196. The molecule has 1 atom stereocenters. The monoisotopic (exact) mass is 273 g/mol. The van der Waals surface area contributed by atoms with Crippen molar-refractivity contribution < 1.29 is 4.74 Å². The predicted molar refractivity (Wildman–Crippen MR) is 78.7 cm³/mol. The van der Waals surface area contributed by atoms with Gasteiger partial charge in [-0.05, 0) is 23.6 Å². The maximum atomic E-state index is 6.30. The van der Waals surface area contributed by atoms with Gasteiger partial charge in [0.2, 0.25) is 0 Å². The Morgan fingerprint density at radius 3 is 3.00 bits per heavy atom. The fourth-order valence-corrected chi connectivity index (χ4v) is 3.14. The van der Waals surface area contributed by atoms with Crippen molar-refractivity contribution in [3.63, 3.8) is 0 Å². The minimum Gasteiger partial charge on any atom is -0.480 e. The number of nitrogens with one attached hydrogen (secondary N) is 1. The van der Waals surface area contributed by atoms with E-state index in [2.05, 4.69) is 47.9 Å². The lowest BCUT2D eigenvalue weighted by molar-refractivity contribution is 0.134. The molecule has 0 saturated carbocycles. The van der Waals surface area contributed by atoms with Crippen LogP contribution in [0.2, 0.25) is 0 Å². The molecule has 3 aliphatic rings. The van der Waals surface area contributed by atoms with Gasteiger partial charge in [-0.25, -0.2) is 0 Å². The van der Waals surface area contributed by atoms with Gasteiger partial charge in [0.05, 0.1) is 6.54 Å². The van der Waals surface area contributed by atoms with Crippen molar-refractivity contribution >= 4 is 12.4 Å². The van der Waals surface area contributed by atoms with E-state index in [9.17, 15) is 0 Å². The van der Waals surface area contributed by atoms with E-state index in [1.54, 1.807) is 0 Å². The van der Waals surface area contributed by atoms with E-state index in [0.29, 0.717) is 0 Å². The second kappa shape index (κ2) is 4.46. The lowest BCUT2D eigenvalue weighted by Gasteiger charge is -2.37. The first-order valence-corrected chi connectivity index (χ1v) is 6.44. The third-order valence-electron chi connectivity index (χ3n) is 3.99. The van der Waals surface area contributed by atoms with Crippen molar-refractivity contribution in [3.8, 4) is 5.75 Å². The highest BCUT2D eigenvalue weighted by Crippen LogP contribution is 2.43. The quantitative estimate of drug-likeness (QED) is 0.784. The Labute approximate surface area is 119 Å². The second-order valence-corrected chi connectivity index (χ2v) is 5.14. The van der Waals surface area contributed by atoms with E-state index >= 15 is 0 Å². The molecule has 1 aromatic carbocycles. The van der Waals surface area contributed by atoms with Gasteiger partial charge in [-0.3, -0.25) is 0 Å². The van der Waals surface area contributed by atoms with Gasteiger partial charge in [0, 0.05) is 18.2 Å². The lowest BCUT2D eigenvalue weighted by atomic mass is 9.79. The average molecular weight is 274 g/mol. The highest BCUT2D eigenvalue weighted by atomic mass is 35.5. The van der Waals surface area contributed by atoms with Gasteiger partial charge >= 0.3 is 0 Å². The molecule has 4 rings (SSSR count). The highest BCUT2D eigenvalue weighted by Gasteiger charge is 2.45. The van der Waals surface area contributed by atoms with E-state index in [0.717, 1.165) is 25.1 Å². The van der Waals surface area contributed by atoms with Crippen molar-refractivity contribution in [2.24, 2.45) is 0 Å². The normalized spacial score (nSPS) is 26.3. The first-order chi connectivity index (χ1) is 8.87. The third kappa shape index (κ3) is 1.79. The Hall–Kier alpha value is -1.67. The Morgan fingerprint density at radius 1 is 1.21 bits per heavy atom. The summed E-state index contributed by atoms with van der Waals surface area (Å²) in [4.78, 5) is 0. The summed E-state index contributed by atoms with van der Waals surface area (Å²) in [5.74, 6) is 1.04. The molecule has 1 unspecified atom stereocenters. The molecule has 0 aromatic heterocycles. The Balaban J connectivity index is 0.00000110. The molecule has 2 heterocycles. The number of ether oxygens (including phenoxy) is 1. The van der Waals surface area contributed by atoms with Crippen LogP contribution >= 0.6 is 12.4 Å². The molecule has 0 saturated heterocycles. The summed E-state index contributed by atoms with van der Waals surface area (Å²) in [7, 11) is 0. The lowest BCUT2D eigenvalue weighted by Crippen LogP contribution is -2.48. The molecule has 1 N–H and O–H groups in total. The van der Waals surface area contributed by atoms with Gasteiger partial charge in [-0.1, -0.05) is 36.4 Å². The zero-order valence-corrected chi connectivity index (χ0v) is 11.4. The van der Waals surface area contributed by atoms with Crippen LogP contribution in [0.3, 0.4) is 0 Å². The molecule has 0 fully saturated rings. The fraction of sp³-hybridized carbons (Fsp3) is 0.250. The molecular weight excluding hydrogens is 258 g/mol. The molecule has 0 amide bonds. The number of benzene rings is 1. The van der Waals surface area contributed by atoms with Gasteiger partial charge in [0.15, 0.2) is 5.60 Å². The number of hydrogen-bond donors (Lipinski definition) is 1. The second-order valence-electron chi connectivity index (χ2n) is 5.14. The molecule has 98 valence electrons. The molecular formula is C16H16ClNO. The topological polar surface area (TPSA) is 21.3 Å². The summed E-state index contributed by atoms with van der Waals surface area (Å²) in [5.41, 5.74) is 3.82. The first kappa shape index (κ1) is 12.4. The van der Waals surface area contributed by atoms with Gasteiger partial charge in [-0.15, -0.1) is 12.4 Å². The fourth-order valence-electron chi connectivity index (χ4n) is 3.14. The van der Waals surface area contributed by atoms with Crippen molar-refractivity contribution in [3.05, 3.63) is 65.4 Å². The Morgan fingerprint density at radius 2 is 2.11 bits per heavy atom. The van der Waals surface area contributed by atoms with Crippen molar-refractivity contribution in [2.45, 2.75) is 18.4 Å². The van der Waals surface area contributed by atoms with Crippen LogP contribution in [-0.4, -0.2) is 12.1 Å². The van der Waals surface area contributed by atoms with Crippen molar-refractivity contribution in [1.29, 1.82) is 0 Å². The van der Waals surface area contributed by atoms with Crippen LogP contribution in [-0.2, 0) is 6.42 Å². The molecule has 1 aliphatic carbocycles. The number of allylic oxidation sites excluding steroid dienone is 3. The van der Waals surface area contributed by atoms with E-state index in [1.807, 2.05) is 6.07 Å². The predicted octanol–water partition coefficient (Wildman–Crippen LogP) is 3.16. The third-order valence-corrected chi connectivity index (χ3v) is 3.99. The zero-order valence-electron chi connectivity index (χ0n) is 10.6. The molecule has 3 heteroatoms. The summed E-state index contributed by atoms with van der Waals surface area (Å²) >= 11 is 0. The SMILES string of the molecule is C1=CCC2=CNCC3(Cc4ccccc4O3)C2=C1.Cl. The maximum absolute atomic E-state index is 6.30. The number of fused-ring (bicyclic) bond motifs is 3. The van der Waals surface area contributed by atoms with E-state index in [1.165, 1.54) is 16.7 Å². The number of rotatable bonds is 0. The standard InChI is InChI=1S/C16H15NO.ClH/c1-3-7-14-13(6-1)10-17-11-16(14)9-12-5-2-4-8-15(12)18-16;/h1-5,7-8,10,17H,6,9,11H2;1H. The summed E-state index contributed by atoms with van der Waals surface area (Å²) < 4.78 is 6.30. The van der Waals surface area contributed by atoms with Crippen LogP contribution in [0.4, 0.5) is 0 Å². The van der Waals surface area contributed by atoms with E-state index in [-0.39, 0.29) is 18.0 Å². The smallest absolute Gasteiger partial charge is 0.155 e. The van der Waals surface area contributed by atoms with Gasteiger partial charge < -0.3 is 10.1 Å². The van der Waals surface area contributed by atoms with Crippen molar-refractivity contribution in [1.82, 2.24) is 5.32 Å². The van der Waals surface area contributed by atoms with E-state index < -0.39 is 0 Å². The molecule has 0 radical (unpaired) electrons. The van der Waals surface area contributed by atoms with Crippen LogP contribution in [0.1, 0.15) is 12.0 Å². The van der Waals surface area contributed by atoms with E-state index in [4.69, 9.17) is 4.74 Å². The van der Waals surface area contributed by atoms with Crippen LogP contribution in [0.15, 0.2) is 59.8 Å². The molecule has 0 bridgehead atoms. The molecule has 2 nitrogen and oxygen atoms in total. The van der Waals surface area contributed by atoms with Crippen LogP contribution in [0.5, 0.6) is 5.75 Å². The minimum absolute atomic E-state index is 0. The molecule has 19 heavy (non-hydrogen) atoms. The highest BCUT2D eigenvalue weighted by molar-refractivity contribution is 5.85. The number of halogens is 1. The number of hydrogen-bond acceptors (Lipinski definition) is 2. The maximum Gasteiger partial charge on any atom is 0.155 e. The summed E-state index contributed by atoms with van der Waals surface area (Å²) in [5, 5.41) is 3.39. The van der Waals surface area contributed by atoms with Crippen LogP contribution in [0.25, 0.3) is 0 Å².